The van der Waals surface area contributed by atoms with Crippen molar-refractivity contribution in [3.05, 3.63) is 26.4 Å². The summed E-state index contributed by atoms with van der Waals surface area (Å²) >= 11 is 1.42. The Morgan fingerprint density at radius 1 is 1.53 bits per heavy atom. The Bertz CT molecular complexity index is 489. The number of hydrogen-bond acceptors (Lipinski definition) is 4. The highest BCUT2D eigenvalue weighted by molar-refractivity contribution is 7.16. The van der Waals surface area contributed by atoms with Crippen LogP contribution in [-0.4, -0.2) is 12.6 Å². The monoisotopic (exact) mass is 251 g/mol. The summed E-state index contributed by atoms with van der Waals surface area (Å²) in [6, 6.07) is 0. The molecule has 0 aromatic carbocycles. The van der Waals surface area contributed by atoms with Gasteiger partial charge in [-0.05, 0) is 48.8 Å². The number of azide groups is 1. The Kier molecular flexibility index (Phi) is 3.66. The van der Waals surface area contributed by atoms with E-state index in [1.807, 2.05) is 0 Å². The van der Waals surface area contributed by atoms with Gasteiger partial charge in [-0.15, -0.1) is 11.3 Å². The van der Waals surface area contributed by atoms with Crippen molar-refractivity contribution in [2.24, 2.45) is 5.11 Å². The number of esters is 1. The smallest absolute Gasteiger partial charge is 0.339 e. The Hall–Kier alpha value is -1.52. The van der Waals surface area contributed by atoms with Crippen LogP contribution in [0.4, 0.5) is 5.00 Å². The molecule has 0 unspecified atom stereocenters. The third kappa shape index (κ3) is 2.28. The Morgan fingerprint density at radius 2 is 2.29 bits per heavy atom. The third-order valence-corrected chi connectivity index (χ3v) is 3.94. The quantitative estimate of drug-likeness (QED) is 0.355. The molecule has 0 atom stereocenters. The van der Waals surface area contributed by atoms with E-state index < -0.39 is 0 Å². The van der Waals surface area contributed by atoms with Crippen molar-refractivity contribution in [2.45, 2.75) is 32.6 Å². The third-order valence-electron chi connectivity index (χ3n) is 2.77. The largest absolute Gasteiger partial charge is 0.462 e. The van der Waals surface area contributed by atoms with Crippen molar-refractivity contribution in [1.29, 1.82) is 0 Å². The first kappa shape index (κ1) is 12.0. The summed E-state index contributed by atoms with van der Waals surface area (Å²) < 4.78 is 5.02. The van der Waals surface area contributed by atoms with Crippen LogP contribution in [0.5, 0.6) is 0 Å². The zero-order valence-corrected chi connectivity index (χ0v) is 10.4. The molecular formula is C11H13N3O2S. The zero-order chi connectivity index (χ0) is 12.3. The molecule has 0 fully saturated rings. The highest BCUT2D eigenvalue weighted by Gasteiger charge is 2.25. The van der Waals surface area contributed by atoms with Gasteiger partial charge in [-0.3, -0.25) is 0 Å². The van der Waals surface area contributed by atoms with Gasteiger partial charge in [-0.1, -0.05) is 0 Å². The number of nitrogens with zero attached hydrogens (tertiary/aromatic N) is 3. The van der Waals surface area contributed by atoms with Crippen LogP contribution in [0.25, 0.3) is 10.4 Å². The zero-order valence-electron chi connectivity index (χ0n) is 9.60. The lowest BCUT2D eigenvalue weighted by molar-refractivity contribution is 0.0526. The van der Waals surface area contributed by atoms with Crippen LogP contribution < -0.4 is 0 Å². The molecular weight excluding hydrogens is 238 g/mol. The van der Waals surface area contributed by atoms with E-state index in [2.05, 4.69) is 10.0 Å². The number of rotatable bonds is 3. The van der Waals surface area contributed by atoms with Crippen molar-refractivity contribution in [3.63, 3.8) is 0 Å². The van der Waals surface area contributed by atoms with E-state index in [-0.39, 0.29) is 5.97 Å². The highest BCUT2D eigenvalue weighted by atomic mass is 32.1. The van der Waals surface area contributed by atoms with E-state index in [1.54, 1.807) is 6.92 Å². The molecule has 1 aliphatic rings. The number of thiophene rings is 1. The first-order valence-corrected chi connectivity index (χ1v) is 6.46. The number of aryl methyl sites for hydroxylation is 1. The van der Waals surface area contributed by atoms with E-state index >= 15 is 0 Å². The van der Waals surface area contributed by atoms with Crippen molar-refractivity contribution in [3.8, 4) is 0 Å². The summed E-state index contributed by atoms with van der Waals surface area (Å²) in [5, 5.41) is 4.07. The average molecular weight is 251 g/mol. The molecule has 0 N–H and O–H groups in total. The Labute approximate surface area is 103 Å². The SMILES string of the molecule is CCOC(=O)c1c(N=[N+]=[N-])sc2c1CCCC2. The summed E-state index contributed by atoms with van der Waals surface area (Å²) in [5.74, 6) is -0.366. The van der Waals surface area contributed by atoms with Crippen molar-refractivity contribution in [1.82, 2.24) is 0 Å². The molecule has 90 valence electrons. The number of hydrogen-bond donors (Lipinski definition) is 0. The van der Waals surface area contributed by atoms with Crippen LogP contribution in [0.3, 0.4) is 0 Å². The molecule has 0 bridgehead atoms. The van der Waals surface area contributed by atoms with Crippen molar-refractivity contribution in [2.75, 3.05) is 6.61 Å². The standard InChI is InChI=1S/C11H13N3O2S/c1-2-16-11(15)9-7-5-3-4-6-8(7)17-10(9)13-14-12/h2-6H2,1H3. The predicted molar refractivity (Wildman–Crippen MR) is 65.7 cm³/mol. The molecule has 1 aromatic rings. The fourth-order valence-electron chi connectivity index (χ4n) is 2.08. The molecule has 1 aromatic heterocycles. The minimum atomic E-state index is -0.366. The van der Waals surface area contributed by atoms with E-state index in [0.29, 0.717) is 17.2 Å². The maximum Gasteiger partial charge on any atom is 0.339 e. The lowest BCUT2D eigenvalue weighted by atomic mass is 9.95. The summed E-state index contributed by atoms with van der Waals surface area (Å²) in [4.78, 5) is 15.8. The molecule has 0 saturated carbocycles. The molecule has 1 heterocycles. The lowest BCUT2D eigenvalue weighted by Gasteiger charge is -2.12. The van der Waals surface area contributed by atoms with Gasteiger partial charge in [0.2, 0.25) is 0 Å². The number of ether oxygens (including phenoxy) is 1. The summed E-state index contributed by atoms with van der Waals surface area (Å²) in [7, 11) is 0. The fourth-order valence-corrected chi connectivity index (χ4v) is 3.27. The maximum absolute atomic E-state index is 11.9. The molecule has 6 heteroatoms. The van der Waals surface area contributed by atoms with Gasteiger partial charge in [0.15, 0.2) is 0 Å². The molecule has 0 aliphatic heterocycles. The summed E-state index contributed by atoms with van der Waals surface area (Å²) in [6.45, 7) is 2.10. The molecule has 0 saturated heterocycles. The normalized spacial score (nSPS) is 13.7. The molecule has 0 radical (unpaired) electrons. The van der Waals surface area contributed by atoms with Gasteiger partial charge >= 0.3 is 5.97 Å². The van der Waals surface area contributed by atoms with Crippen molar-refractivity contribution < 1.29 is 9.53 Å². The van der Waals surface area contributed by atoms with Gasteiger partial charge in [-0.25, -0.2) is 4.79 Å². The van der Waals surface area contributed by atoms with Crippen LogP contribution in [0, 0.1) is 0 Å². The van der Waals surface area contributed by atoms with Crippen molar-refractivity contribution >= 4 is 22.3 Å². The molecule has 1 aliphatic carbocycles. The first-order chi connectivity index (χ1) is 8.27. The lowest BCUT2D eigenvalue weighted by Crippen LogP contribution is -2.09. The Balaban J connectivity index is 2.48. The Morgan fingerprint density at radius 3 is 3.00 bits per heavy atom. The van der Waals surface area contributed by atoms with Crippen LogP contribution in [0.15, 0.2) is 5.11 Å². The van der Waals surface area contributed by atoms with E-state index in [9.17, 15) is 4.79 Å². The van der Waals surface area contributed by atoms with Gasteiger partial charge in [0.05, 0.1) is 12.2 Å². The highest BCUT2D eigenvalue weighted by Crippen LogP contribution is 2.40. The second kappa shape index (κ2) is 5.21. The molecule has 17 heavy (non-hydrogen) atoms. The van der Waals surface area contributed by atoms with E-state index in [1.165, 1.54) is 16.2 Å². The van der Waals surface area contributed by atoms with Crippen LogP contribution in [-0.2, 0) is 17.6 Å². The summed E-state index contributed by atoms with van der Waals surface area (Å²) in [5.41, 5.74) is 10.0. The van der Waals surface area contributed by atoms with Crippen LogP contribution in [0.2, 0.25) is 0 Å². The molecule has 2 rings (SSSR count). The van der Waals surface area contributed by atoms with Gasteiger partial charge in [-0.2, -0.15) is 0 Å². The number of carbonyl (C=O) groups is 1. The van der Waals surface area contributed by atoms with E-state index in [0.717, 1.165) is 31.2 Å². The minimum Gasteiger partial charge on any atom is -0.462 e. The van der Waals surface area contributed by atoms with Gasteiger partial charge < -0.3 is 4.74 Å². The van der Waals surface area contributed by atoms with Gasteiger partial charge in [0.25, 0.3) is 0 Å². The number of fused-ring (bicyclic) bond motifs is 1. The first-order valence-electron chi connectivity index (χ1n) is 5.64. The second-order valence-corrected chi connectivity index (χ2v) is 4.88. The number of carbonyl (C=O) groups excluding carboxylic acids is 1. The predicted octanol–water partition coefficient (Wildman–Crippen LogP) is 3.75. The summed E-state index contributed by atoms with van der Waals surface area (Å²) in [6.07, 6.45) is 4.05. The maximum atomic E-state index is 11.9. The molecule has 5 nitrogen and oxygen atoms in total. The second-order valence-electron chi connectivity index (χ2n) is 3.80. The van der Waals surface area contributed by atoms with Gasteiger partial charge in [0, 0.05) is 9.79 Å². The molecule has 0 amide bonds. The van der Waals surface area contributed by atoms with E-state index in [4.69, 9.17) is 10.3 Å². The average Bonchev–Trinajstić information content (AvgIpc) is 2.67. The van der Waals surface area contributed by atoms with Crippen LogP contribution in [0.1, 0.15) is 40.6 Å². The molecule has 0 spiro atoms. The van der Waals surface area contributed by atoms with Crippen LogP contribution >= 0.6 is 11.3 Å². The topological polar surface area (TPSA) is 75.1 Å². The van der Waals surface area contributed by atoms with Gasteiger partial charge in [0.1, 0.15) is 5.00 Å². The minimum absolute atomic E-state index is 0.333. The fraction of sp³-hybridized carbons (Fsp3) is 0.545.